The Morgan fingerprint density at radius 1 is 1.42 bits per heavy atom. The van der Waals surface area contributed by atoms with Crippen molar-refractivity contribution in [2.75, 3.05) is 6.54 Å². The number of benzene rings is 1. The van der Waals surface area contributed by atoms with Crippen LogP contribution in [0, 0.1) is 0 Å². The normalized spacial score (nSPS) is 14.0. The molecule has 0 saturated carbocycles. The largest absolute Gasteiger partial charge is 0.416 e. The highest BCUT2D eigenvalue weighted by molar-refractivity contribution is 5.77. The Kier molecular flexibility index (Phi) is 3.51. The van der Waals surface area contributed by atoms with Crippen molar-refractivity contribution in [3.8, 4) is 0 Å². The molecule has 0 aliphatic rings. The molecular weight excluding hydrogens is 259 g/mol. The molecule has 7 heteroatoms. The molecule has 3 N–H and O–H groups in total. The molecule has 0 bridgehead atoms. The van der Waals surface area contributed by atoms with E-state index in [-0.39, 0.29) is 12.1 Å². The summed E-state index contributed by atoms with van der Waals surface area (Å²) in [5.41, 5.74) is 5.35. The molecule has 1 unspecified atom stereocenters. The minimum atomic E-state index is -4.40. The van der Waals surface area contributed by atoms with Gasteiger partial charge in [-0.25, -0.2) is 4.98 Å². The molecule has 19 heavy (non-hydrogen) atoms. The van der Waals surface area contributed by atoms with E-state index in [0.29, 0.717) is 17.8 Å². The number of aliphatic hydroxyl groups excluding tert-OH is 1. The molecule has 0 spiro atoms. The number of halogens is 3. The number of alkyl halides is 3. The summed E-state index contributed by atoms with van der Waals surface area (Å²) in [7, 11) is 1.65. The van der Waals surface area contributed by atoms with Crippen LogP contribution in [0.4, 0.5) is 13.2 Å². The highest BCUT2D eigenvalue weighted by Crippen LogP contribution is 2.32. The molecule has 104 valence electrons. The molecule has 1 aromatic heterocycles. The van der Waals surface area contributed by atoms with E-state index in [4.69, 9.17) is 5.73 Å². The van der Waals surface area contributed by atoms with Gasteiger partial charge in [-0.1, -0.05) is 0 Å². The van der Waals surface area contributed by atoms with Gasteiger partial charge in [-0.15, -0.1) is 0 Å². The highest BCUT2D eigenvalue weighted by atomic mass is 19.4. The number of aliphatic hydroxyl groups is 1. The van der Waals surface area contributed by atoms with Crippen LogP contribution in [0.3, 0.4) is 0 Å². The van der Waals surface area contributed by atoms with Crippen molar-refractivity contribution in [2.24, 2.45) is 12.8 Å². The lowest BCUT2D eigenvalue weighted by molar-refractivity contribution is -0.137. The van der Waals surface area contributed by atoms with E-state index >= 15 is 0 Å². The predicted octanol–water partition coefficient (Wildman–Crippen LogP) is 1.97. The molecule has 0 aliphatic carbocycles. The Balaban J connectivity index is 2.51. The fraction of sp³-hybridized carbons (Fsp3) is 0.417. The number of nitrogens with zero attached hydrogens (tertiary/aromatic N) is 2. The first kappa shape index (κ1) is 13.8. The van der Waals surface area contributed by atoms with Crippen molar-refractivity contribution in [2.45, 2.75) is 18.7 Å². The van der Waals surface area contributed by atoms with E-state index in [1.165, 1.54) is 6.07 Å². The Morgan fingerprint density at radius 2 is 2.11 bits per heavy atom. The van der Waals surface area contributed by atoms with Crippen LogP contribution < -0.4 is 5.73 Å². The lowest BCUT2D eigenvalue weighted by atomic mass is 10.2. The average molecular weight is 273 g/mol. The van der Waals surface area contributed by atoms with Gasteiger partial charge in [-0.2, -0.15) is 13.2 Å². The zero-order valence-electron chi connectivity index (χ0n) is 10.3. The third-order valence-electron chi connectivity index (χ3n) is 2.98. The van der Waals surface area contributed by atoms with Gasteiger partial charge in [0.2, 0.25) is 0 Å². The SMILES string of the molecule is Cn1c(C(O)CCN)nc2cc(C(F)(F)F)ccc21. The van der Waals surface area contributed by atoms with E-state index < -0.39 is 17.8 Å². The van der Waals surface area contributed by atoms with Crippen LogP contribution in [-0.2, 0) is 13.2 Å². The van der Waals surface area contributed by atoms with Crippen molar-refractivity contribution < 1.29 is 18.3 Å². The number of fused-ring (bicyclic) bond motifs is 1. The van der Waals surface area contributed by atoms with Gasteiger partial charge in [-0.05, 0) is 31.2 Å². The molecule has 0 aliphatic heterocycles. The Hall–Kier alpha value is -1.60. The number of nitrogens with two attached hydrogens (primary N) is 1. The van der Waals surface area contributed by atoms with E-state index in [0.717, 1.165) is 12.1 Å². The van der Waals surface area contributed by atoms with Gasteiger partial charge < -0.3 is 15.4 Å². The van der Waals surface area contributed by atoms with Crippen molar-refractivity contribution in [3.63, 3.8) is 0 Å². The molecule has 0 saturated heterocycles. The van der Waals surface area contributed by atoms with Gasteiger partial charge in [0.15, 0.2) is 0 Å². The lowest BCUT2D eigenvalue weighted by Gasteiger charge is -2.08. The first-order chi connectivity index (χ1) is 8.84. The van der Waals surface area contributed by atoms with Crippen LogP contribution >= 0.6 is 0 Å². The number of hydrogen-bond donors (Lipinski definition) is 2. The summed E-state index contributed by atoms with van der Waals surface area (Å²) < 4.78 is 39.4. The Labute approximate surface area is 107 Å². The summed E-state index contributed by atoms with van der Waals surface area (Å²) in [6, 6.07) is 3.33. The molecule has 1 aromatic carbocycles. The van der Waals surface area contributed by atoms with Crippen LogP contribution in [0.15, 0.2) is 18.2 Å². The van der Waals surface area contributed by atoms with Crippen LogP contribution in [0.5, 0.6) is 0 Å². The summed E-state index contributed by atoms with van der Waals surface area (Å²) in [5.74, 6) is 0.319. The van der Waals surface area contributed by atoms with E-state index in [9.17, 15) is 18.3 Å². The van der Waals surface area contributed by atoms with E-state index in [2.05, 4.69) is 4.98 Å². The van der Waals surface area contributed by atoms with Gasteiger partial charge in [0.1, 0.15) is 11.9 Å². The molecule has 0 amide bonds. The fourth-order valence-electron chi connectivity index (χ4n) is 1.98. The second kappa shape index (κ2) is 4.82. The smallest absolute Gasteiger partial charge is 0.385 e. The Bertz CT molecular complexity index is 592. The second-order valence-electron chi connectivity index (χ2n) is 4.32. The topological polar surface area (TPSA) is 64.1 Å². The molecule has 0 fully saturated rings. The quantitative estimate of drug-likeness (QED) is 0.898. The van der Waals surface area contributed by atoms with Crippen molar-refractivity contribution in [1.29, 1.82) is 0 Å². The molecule has 1 heterocycles. The first-order valence-electron chi connectivity index (χ1n) is 5.76. The molecule has 1 atom stereocenters. The molecule has 4 nitrogen and oxygen atoms in total. The summed E-state index contributed by atoms with van der Waals surface area (Å²) in [6.45, 7) is 0.276. The van der Waals surface area contributed by atoms with Crippen LogP contribution in [0.1, 0.15) is 23.9 Å². The van der Waals surface area contributed by atoms with Gasteiger partial charge in [0.25, 0.3) is 0 Å². The van der Waals surface area contributed by atoms with Crippen molar-refractivity contribution in [1.82, 2.24) is 9.55 Å². The van der Waals surface area contributed by atoms with E-state index in [1.54, 1.807) is 11.6 Å². The molecular formula is C12H14F3N3O. The molecule has 0 radical (unpaired) electrons. The number of rotatable bonds is 3. The number of aromatic nitrogens is 2. The third kappa shape index (κ3) is 2.57. The highest BCUT2D eigenvalue weighted by Gasteiger charge is 2.31. The first-order valence-corrected chi connectivity index (χ1v) is 5.76. The van der Waals surface area contributed by atoms with Crippen molar-refractivity contribution in [3.05, 3.63) is 29.6 Å². The summed E-state index contributed by atoms with van der Waals surface area (Å²) in [6.07, 6.45) is -4.97. The monoisotopic (exact) mass is 273 g/mol. The molecule has 2 aromatic rings. The van der Waals surface area contributed by atoms with Crippen LogP contribution in [0.2, 0.25) is 0 Å². The second-order valence-corrected chi connectivity index (χ2v) is 4.32. The maximum atomic E-state index is 12.6. The van der Waals surface area contributed by atoms with Gasteiger partial charge in [0, 0.05) is 7.05 Å². The zero-order valence-corrected chi connectivity index (χ0v) is 10.3. The van der Waals surface area contributed by atoms with Gasteiger partial charge in [-0.3, -0.25) is 0 Å². The minimum absolute atomic E-state index is 0.211. The van der Waals surface area contributed by atoms with Gasteiger partial charge >= 0.3 is 6.18 Å². The van der Waals surface area contributed by atoms with E-state index in [1.807, 2.05) is 0 Å². The number of aryl methyl sites for hydroxylation is 1. The average Bonchev–Trinajstić information content (AvgIpc) is 2.66. The van der Waals surface area contributed by atoms with Crippen molar-refractivity contribution >= 4 is 11.0 Å². The summed E-state index contributed by atoms with van der Waals surface area (Å²) >= 11 is 0. The Morgan fingerprint density at radius 3 is 2.68 bits per heavy atom. The number of imidazole rings is 1. The summed E-state index contributed by atoms with van der Waals surface area (Å²) in [4.78, 5) is 4.06. The van der Waals surface area contributed by atoms with Crippen LogP contribution in [-0.4, -0.2) is 21.2 Å². The standard InChI is InChI=1S/C12H14F3N3O/c1-18-9-3-2-7(12(13,14)15)6-8(9)17-11(18)10(19)4-5-16/h2-3,6,10,19H,4-5,16H2,1H3. The zero-order chi connectivity index (χ0) is 14.2. The predicted molar refractivity (Wildman–Crippen MR) is 64.3 cm³/mol. The summed E-state index contributed by atoms with van der Waals surface area (Å²) in [5, 5.41) is 9.85. The molecule has 2 rings (SSSR count). The maximum Gasteiger partial charge on any atom is 0.416 e. The van der Waals surface area contributed by atoms with Gasteiger partial charge in [0.05, 0.1) is 16.6 Å². The lowest BCUT2D eigenvalue weighted by Crippen LogP contribution is -2.10. The maximum absolute atomic E-state index is 12.6. The minimum Gasteiger partial charge on any atom is -0.385 e. The van der Waals surface area contributed by atoms with Crippen LogP contribution in [0.25, 0.3) is 11.0 Å². The number of hydrogen-bond acceptors (Lipinski definition) is 3. The third-order valence-corrected chi connectivity index (χ3v) is 2.98. The fourth-order valence-corrected chi connectivity index (χ4v) is 1.98.